The zero-order valence-electron chi connectivity index (χ0n) is 11.9. The summed E-state index contributed by atoms with van der Waals surface area (Å²) in [5.74, 6) is 0.494. The Labute approximate surface area is 114 Å². The number of nitrogens with one attached hydrogen (secondary N) is 2. The third kappa shape index (κ3) is 3.26. The summed E-state index contributed by atoms with van der Waals surface area (Å²) in [7, 11) is 1.87. The van der Waals surface area contributed by atoms with E-state index >= 15 is 0 Å². The number of aromatic amines is 1. The number of nitrogens with zero attached hydrogens (tertiary/aromatic N) is 3. The lowest BCUT2D eigenvalue weighted by Crippen LogP contribution is -2.51. The predicted molar refractivity (Wildman–Crippen MR) is 75.1 cm³/mol. The van der Waals surface area contributed by atoms with Crippen LogP contribution in [0.25, 0.3) is 0 Å². The van der Waals surface area contributed by atoms with Gasteiger partial charge in [-0.3, -0.25) is 5.10 Å². The molecule has 1 aliphatic rings. The molecule has 2 atom stereocenters. The zero-order valence-corrected chi connectivity index (χ0v) is 11.9. The first kappa shape index (κ1) is 13.9. The smallest absolute Gasteiger partial charge is 0.321 e. The number of carbonyl (C=O) groups excluding carboxylic acids is 1. The topological polar surface area (TPSA) is 64.3 Å². The van der Waals surface area contributed by atoms with Crippen LogP contribution in [0.4, 0.5) is 10.5 Å². The largest absolute Gasteiger partial charge is 0.324 e. The number of hydrogen-bond donors (Lipinski definition) is 2. The van der Waals surface area contributed by atoms with E-state index in [9.17, 15) is 4.79 Å². The number of amides is 2. The Morgan fingerprint density at radius 3 is 3.05 bits per heavy atom. The molecule has 0 unspecified atom stereocenters. The van der Waals surface area contributed by atoms with Crippen LogP contribution in [0.15, 0.2) is 12.4 Å². The van der Waals surface area contributed by atoms with Gasteiger partial charge < -0.3 is 15.1 Å². The van der Waals surface area contributed by atoms with Crippen molar-refractivity contribution in [2.24, 2.45) is 5.92 Å². The van der Waals surface area contributed by atoms with Gasteiger partial charge in [-0.05, 0) is 18.9 Å². The maximum absolute atomic E-state index is 12.2. The highest BCUT2D eigenvalue weighted by Crippen LogP contribution is 2.21. The van der Waals surface area contributed by atoms with Gasteiger partial charge in [-0.15, -0.1) is 0 Å². The van der Waals surface area contributed by atoms with Crippen molar-refractivity contribution in [1.82, 2.24) is 20.0 Å². The van der Waals surface area contributed by atoms with Gasteiger partial charge in [-0.25, -0.2) is 4.79 Å². The number of anilines is 1. The minimum absolute atomic E-state index is 0.0665. The summed E-state index contributed by atoms with van der Waals surface area (Å²) in [6, 6.07) is 0.234. The Bertz CT molecular complexity index is 405. The van der Waals surface area contributed by atoms with Crippen molar-refractivity contribution in [2.75, 3.05) is 32.0 Å². The van der Waals surface area contributed by atoms with Crippen LogP contribution < -0.4 is 5.32 Å². The van der Waals surface area contributed by atoms with Crippen molar-refractivity contribution in [1.29, 1.82) is 0 Å². The monoisotopic (exact) mass is 265 g/mol. The highest BCUT2D eigenvalue weighted by atomic mass is 16.2. The molecule has 0 spiro atoms. The molecule has 2 N–H and O–H groups in total. The fourth-order valence-electron chi connectivity index (χ4n) is 2.76. The second kappa shape index (κ2) is 6.06. The molecule has 0 radical (unpaired) electrons. The Balaban J connectivity index is 1.92. The summed E-state index contributed by atoms with van der Waals surface area (Å²) in [5.41, 5.74) is 0.704. The van der Waals surface area contributed by atoms with Crippen molar-refractivity contribution in [3.63, 3.8) is 0 Å². The van der Waals surface area contributed by atoms with Gasteiger partial charge >= 0.3 is 6.03 Å². The van der Waals surface area contributed by atoms with Crippen LogP contribution in [0.5, 0.6) is 0 Å². The molecule has 1 saturated heterocycles. The summed E-state index contributed by atoms with van der Waals surface area (Å²) >= 11 is 0. The Kier molecular flexibility index (Phi) is 4.42. The van der Waals surface area contributed by atoms with Crippen LogP contribution in [0.1, 0.15) is 20.3 Å². The van der Waals surface area contributed by atoms with Crippen molar-refractivity contribution in [2.45, 2.75) is 26.3 Å². The Hall–Kier alpha value is -1.56. The number of rotatable bonds is 3. The Morgan fingerprint density at radius 1 is 1.68 bits per heavy atom. The van der Waals surface area contributed by atoms with E-state index in [1.165, 1.54) is 0 Å². The molecule has 0 saturated carbocycles. The SMILES string of the molecule is CCN1CC[C@H](N(C)C(=O)Nc2cn[nH]c2)[C@H](C)C1. The maximum atomic E-state index is 12.2. The average molecular weight is 265 g/mol. The van der Waals surface area contributed by atoms with Gasteiger partial charge in [0.05, 0.1) is 11.9 Å². The molecular formula is C13H23N5O. The van der Waals surface area contributed by atoms with Crippen molar-refractivity contribution in [3.05, 3.63) is 12.4 Å². The van der Waals surface area contributed by atoms with Crippen LogP contribution >= 0.6 is 0 Å². The molecule has 2 rings (SSSR count). The first-order valence-corrected chi connectivity index (χ1v) is 6.86. The number of urea groups is 1. The van der Waals surface area contributed by atoms with E-state index < -0.39 is 0 Å². The molecule has 1 fully saturated rings. The number of piperidine rings is 1. The average Bonchev–Trinajstić information content (AvgIpc) is 2.90. The molecule has 6 heteroatoms. The number of hydrogen-bond acceptors (Lipinski definition) is 3. The minimum Gasteiger partial charge on any atom is -0.324 e. The molecule has 2 heterocycles. The van der Waals surface area contributed by atoms with E-state index in [1.807, 2.05) is 11.9 Å². The van der Waals surface area contributed by atoms with Crippen LogP contribution in [0, 0.1) is 5.92 Å². The van der Waals surface area contributed by atoms with Gasteiger partial charge in [0.2, 0.25) is 0 Å². The summed E-state index contributed by atoms with van der Waals surface area (Å²) in [6.45, 7) is 7.61. The van der Waals surface area contributed by atoms with E-state index in [1.54, 1.807) is 12.4 Å². The quantitative estimate of drug-likeness (QED) is 0.872. The maximum Gasteiger partial charge on any atom is 0.321 e. The molecule has 0 bridgehead atoms. The lowest BCUT2D eigenvalue weighted by molar-refractivity contribution is 0.101. The number of carbonyl (C=O) groups is 1. The summed E-state index contributed by atoms with van der Waals surface area (Å²) in [6.07, 6.45) is 4.31. The third-order valence-corrected chi connectivity index (χ3v) is 3.96. The molecule has 1 aromatic heterocycles. The molecular weight excluding hydrogens is 242 g/mol. The summed E-state index contributed by atoms with van der Waals surface area (Å²) in [5, 5.41) is 9.35. The van der Waals surface area contributed by atoms with Crippen LogP contribution in [0.2, 0.25) is 0 Å². The predicted octanol–water partition coefficient (Wildman–Crippen LogP) is 1.60. The standard InChI is InChI=1S/C13H23N5O/c1-4-18-6-5-12(10(2)9-18)17(3)13(19)16-11-7-14-15-8-11/h7-8,10,12H,4-6,9H2,1-3H3,(H,14,15)(H,16,19)/t10-,12+/m1/s1. The van der Waals surface area contributed by atoms with E-state index in [0.717, 1.165) is 26.1 Å². The minimum atomic E-state index is -0.0665. The summed E-state index contributed by atoms with van der Waals surface area (Å²) in [4.78, 5) is 16.4. The van der Waals surface area contributed by atoms with Gasteiger partial charge in [0.1, 0.15) is 0 Å². The molecule has 6 nitrogen and oxygen atoms in total. The van der Waals surface area contributed by atoms with E-state index in [2.05, 4.69) is 34.3 Å². The van der Waals surface area contributed by atoms with E-state index in [0.29, 0.717) is 17.6 Å². The van der Waals surface area contributed by atoms with Crippen LogP contribution in [-0.4, -0.2) is 58.8 Å². The second-order valence-corrected chi connectivity index (χ2v) is 5.25. The van der Waals surface area contributed by atoms with E-state index in [-0.39, 0.29) is 6.03 Å². The second-order valence-electron chi connectivity index (χ2n) is 5.25. The highest BCUT2D eigenvalue weighted by molar-refractivity contribution is 5.89. The van der Waals surface area contributed by atoms with Gasteiger partial charge in [-0.2, -0.15) is 5.10 Å². The van der Waals surface area contributed by atoms with Crippen LogP contribution in [-0.2, 0) is 0 Å². The zero-order chi connectivity index (χ0) is 13.8. The molecule has 0 aromatic carbocycles. The first-order valence-electron chi connectivity index (χ1n) is 6.86. The van der Waals surface area contributed by atoms with Gasteiger partial charge in [0, 0.05) is 32.4 Å². The molecule has 2 amide bonds. The lowest BCUT2D eigenvalue weighted by Gasteiger charge is -2.40. The van der Waals surface area contributed by atoms with Crippen molar-refractivity contribution < 1.29 is 4.79 Å². The van der Waals surface area contributed by atoms with Crippen molar-refractivity contribution in [3.8, 4) is 0 Å². The van der Waals surface area contributed by atoms with E-state index in [4.69, 9.17) is 0 Å². The van der Waals surface area contributed by atoms with Crippen molar-refractivity contribution >= 4 is 11.7 Å². The van der Waals surface area contributed by atoms with Gasteiger partial charge in [0.25, 0.3) is 0 Å². The molecule has 0 aliphatic carbocycles. The molecule has 19 heavy (non-hydrogen) atoms. The normalized spacial score (nSPS) is 24.2. The Morgan fingerprint density at radius 2 is 2.47 bits per heavy atom. The highest BCUT2D eigenvalue weighted by Gasteiger charge is 2.30. The fraction of sp³-hybridized carbons (Fsp3) is 0.692. The number of H-pyrrole nitrogens is 1. The van der Waals surface area contributed by atoms with Gasteiger partial charge in [-0.1, -0.05) is 13.8 Å². The third-order valence-electron chi connectivity index (χ3n) is 3.96. The van der Waals surface area contributed by atoms with Crippen LogP contribution in [0.3, 0.4) is 0 Å². The summed E-state index contributed by atoms with van der Waals surface area (Å²) < 4.78 is 0. The molecule has 1 aromatic rings. The first-order chi connectivity index (χ1) is 9.11. The molecule has 1 aliphatic heterocycles. The number of aromatic nitrogens is 2. The number of likely N-dealkylation sites (tertiary alicyclic amines) is 1. The van der Waals surface area contributed by atoms with Gasteiger partial charge in [0.15, 0.2) is 0 Å². The lowest BCUT2D eigenvalue weighted by atomic mass is 9.93. The fourth-order valence-corrected chi connectivity index (χ4v) is 2.76. The molecule has 106 valence electrons.